The van der Waals surface area contributed by atoms with Crippen molar-refractivity contribution in [2.45, 2.75) is 18.9 Å². The number of nitrogens with one attached hydrogen (secondary N) is 1. The van der Waals surface area contributed by atoms with Gasteiger partial charge in [-0.3, -0.25) is 9.59 Å². The summed E-state index contributed by atoms with van der Waals surface area (Å²) in [6.45, 7) is 3.56. The smallest absolute Gasteiger partial charge is 0.242 e. The normalized spacial score (nSPS) is 11.5. The van der Waals surface area contributed by atoms with Crippen molar-refractivity contribution in [3.63, 3.8) is 0 Å². The van der Waals surface area contributed by atoms with Crippen molar-refractivity contribution in [3.8, 4) is 0 Å². The summed E-state index contributed by atoms with van der Waals surface area (Å²) in [5.74, 6) is -0.142. The Morgan fingerprint density at radius 3 is 2.69 bits per heavy atom. The van der Waals surface area contributed by atoms with E-state index in [1.807, 2.05) is 0 Å². The van der Waals surface area contributed by atoms with Crippen LogP contribution in [0.25, 0.3) is 0 Å². The van der Waals surface area contributed by atoms with E-state index in [0.717, 1.165) is 6.42 Å². The highest BCUT2D eigenvalue weighted by Gasteiger charge is 2.19. The lowest BCUT2D eigenvalue weighted by Gasteiger charge is -2.22. The summed E-state index contributed by atoms with van der Waals surface area (Å²) in [6, 6.07) is -0.388. The number of hydrogen-bond donors (Lipinski definition) is 1. The molecule has 0 saturated heterocycles. The minimum absolute atomic E-state index is 0.142. The predicted molar refractivity (Wildman–Crippen MR) is 51.1 cm³/mol. The van der Waals surface area contributed by atoms with Gasteiger partial charge in [-0.2, -0.15) is 0 Å². The molecule has 0 aliphatic rings. The monoisotopic (exact) mass is 184 g/mol. The van der Waals surface area contributed by atoms with E-state index in [9.17, 15) is 9.59 Å². The second-order valence-corrected chi connectivity index (χ2v) is 2.77. The number of carbonyl (C=O) groups excluding carboxylic acids is 2. The number of amides is 2. The molecule has 0 bridgehead atoms. The van der Waals surface area contributed by atoms with Gasteiger partial charge in [-0.1, -0.05) is 6.08 Å². The Bertz CT molecular complexity index is 192. The zero-order valence-corrected chi connectivity index (χ0v) is 8.12. The maximum Gasteiger partial charge on any atom is 0.242 e. The summed E-state index contributed by atoms with van der Waals surface area (Å²) in [7, 11) is 3.15. The van der Waals surface area contributed by atoms with E-state index >= 15 is 0 Å². The average Bonchev–Trinajstić information content (AvgIpc) is 2.17. The van der Waals surface area contributed by atoms with Crippen molar-refractivity contribution in [2.75, 3.05) is 14.1 Å². The topological polar surface area (TPSA) is 49.4 Å². The quantitative estimate of drug-likeness (QED) is 0.472. The van der Waals surface area contributed by atoms with Crippen LogP contribution >= 0.6 is 0 Å². The van der Waals surface area contributed by atoms with Crippen molar-refractivity contribution in [2.24, 2.45) is 0 Å². The molecule has 0 radical (unpaired) electrons. The first kappa shape index (κ1) is 11.7. The number of nitrogens with zero attached hydrogens (tertiary/aromatic N) is 1. The van der Waals surface area contributed by atoms with Crippen LogP contribution in [0, 0.1) is 0 Å². The van der Waals surface area contributed by atoms with Crippen LogP contribution in [0.3, 0.4) is 0 Å². The summed E-state index contributed by atoms with van der Waals surface area (Å²) in [6.07, 6.45) is 3.71. The van der Waals surface area contributed by atoms with Crippen molar-refractivity contribution in [1.82, 2.24) is 10.2 Å². The highest BCUT2D eigenvalue weighted by atomic mass is 16.2. The first-order valence-corrected chi connectivity index (χ1v) is 4.17. The molecular formula is C9H16N2O2. The number of allylic oxidation sites excluding steroid dienone is 1. The maximum atomic E-state index is 11.3. The highest BCUT2D eigenvalue weighted by Crippen LogP contribution is 2.03. The zero-order chi connectivity index (χ0) is 10.3. The molecule has 2 amide bonds. The molecule has 13 heavy (non-hydrogen) atoms. The van der Waals surface area contributed by atoms with Gasteiger partial charge in [0.25, 0.3) is 0 Å². The van der Waals surface area contributed by atoms with Gasteiger partial charge in [0.2, 0.25) is 12.3 Å². The lowest BCUT2D eigenvalue weighted by molar-refractivity contribution is -0.131. The predicted octanol–water partition coefficient (Wildman–Crippen LogP) is 0.155. The molecule has 1 atom stereocenters. The summed E-state index contributed by atoms with van der Waals surface area (Å²) in [5.41, 5.74) is 0. The third-order valence-corrected chi connectivity index (χ3v) is 1.85. The van der Waals surface area contributed by atoms with Crippen LogP contribution in [-0.4, -0.2) is 37.4 Å². The van der Waals surface area contributed by atoms with Crippen molar-refractivity contribution in [3.05, 3.63) is 12.7 Å². The van der Waals surface area contributed by atoms with Gasteiger partial charge < -0.3 is 10.2 Å². The van der Waals surface area contributed by atoms with Gasteiger partial charge in [-0.05, 0) is 12.8 Å². The first-order chi connectivity index (χ1) is 6.17. The first-order valence-electron chi connectivity index (χ1n) is 4.17. The molecule has 0 rings (SSSR count). The van der Waals surface area contributed by atoms with E-state index in [1.54, 1.807) is 20.2 Å². The van der Waals surface area contributed by atoms with Crippen molar-refractivity contribution in [1.29, 1.82) is 0 Å². The Labute approximate surface area is 78.6 Å². The summed E-state index contributed by atoms with van der Waals surface area (Å²) in [5, 5.41) is 2.52. The number of hydrogen-bond acceptors (Lipinski definition) is 2. The molecule has 0 aliphatic heterocycles. The molecule has 0 aromatic rings. The minimum Gasteiger partial charge on any atom is -0.357 e. The molecule has 74 valence electrons. The van der Waals surface area contributed by atoms with E-state index in [1.165, 1.54) is 4.90 Å². The third-order valence-electron chi connectivity index (χ3n) is 1.85. The molecule has 0 heterocycles. The van der Waals surface area contributed by atoms with Crippen LogP contribution in [0.4, 0.5) is 0 Å². The molecular weight excluding hydrogens is 168 g/mol. The van der Waals surface area contributed by atoms with Crippen LogP contribution in [-0.2, 0) is 9.59 Å². The van der Waals surface area contributed by atoms with E-state index in [-0.39, 0.29) is 11.9 Å². The van der Waals surface area contributed by atoms with Crippen LogP contribution in [0.15, 0.2) is 12.7 Å². The van der Waals surface area contributed by atoms with Gasteiger partial charge in [0.15, 0.2) is 0 Å². The minimum atomic E-state index is -0.388. The fourth-order valence-corrected chi connectivity index (χ4v) is 1.04. The van der Waals surface area contributed by atoms with Gasteiger partial charge >= 0.3 is 0 Å². The molecule has 0 aromatic heterocycles. The average molecular weight is 184 g/mol. The van der Waals surface area contributed by atoms with Crippen molar-refractivity contribution < 1.29 is 9.59 Å². The second-order valence-electron chi connectivity index (χ2n) is 2.77. The number of likely N-dealkylation sites (N-methyl/N-ethyl adjacent to an activating group) is 2. The summed E-state index contributed by atoms with van der Waals surface area (Å²) >= 11 is 0. The Balaban J connectivity index is 4.25. The standard InChI is InChI=1S/C9H16N2O2/c1-4-5-6-8(9(13)10-2)11(3)7-12/h4,7-8H,1,5-6H2,2-3H3,(H,10,13). The summed E-state index contributed by atoms with van der Waals surface area (Å²) in [4.78, 5) is 23.1. The molecule has 0 spiro atoms. The molecule has 1 unspecified atom stereocenters. The SMILES string of the molecule is C=CCCC(C(=O)NC)N(C)C=O. The van der Waals surface area contributed by atoms with Crippen molar-refractivity contribution >= 4 is 12.3 Å². The Morgan fingerprint density at radius 2 is 2.31 bits per heavy atom. The van der Waals surface area contributed by atoms with E-state index < -0.39 is 0 Å². The lowest BCUT2D eigenvalue weighted by Crippen LogP contribution is -2.43. The second kappa shape index (κ2) is 6.22. The number of rotatable bonds is 6. The molecule has 0 aromatic carbocycles. The Kier molecular flexibility index (Phi) is 5.59. The van der Waals surface area contributed by atoms with Gasteiger partial charge in [-0.15, -0.1) is 6.58 Å². The van der Waals surface area contributed by atoms with Gasteiger partial charge in [0.05, 0.1) is 0 Å². The molecule has 4 heteroatoms. The fourth-order valence-electron chi connectivity index (χ4n) is 1.04. The highest BCUT2D eigenvalue weighted by molar-refractivity contribution is 5.83. The molecule has 0 aliphatic carbocycles. The zero-order valence-electron chi connectivity index (χ0n) is 8.12. The molecule has 0 fully saturated rings. The summed E-state index contributed by atoms with van der Waals surface area (Å²) < 4.78 is 0. The van der Waals surface area contributed by atoms with Crippen LogP contribution in [0.5, 0.6) is 0 Å². The molecule has 4 nitrogen and oxygen atoms in total. The molecule has 1 N–H and O–H groups in total. The maximum absolute atomic E-state index is 11.3. The Hall–Kier alpha value is -1.32. The van der Waals surface area contributed by atoms with Crippen LogP contribution < -0.4 is 5.32 Å². The van der Waals surface area contributed by atoms with E-state index in [2.05, 4.69) is 11.9 Å². The Morgan fingerprint density at radius 1 is 1.69 bits per heavy atom. The lowest BCUT2D eigenvalue weighted by atomic mass is 10.1. The fraction of sp³-hybridized carbons (Fsp3) is 0.556. The van der Waals surface area contributed by atoms with E-state index in [4.69, 9.17) is 0 Å². The van der Waals surface area contributed by atoms with Crippen LogP contribution in [0.2, 0.25) is 0 Å². The molecule has 0 saturated carbocycles. The van der Waals surface area contributed by atoms with Gasteiger partial charge in [0, 0.05) is 14.1 Å². The third kappa shape index (κ3) is 3.73. The van der Waals surface area contributed by atoms with Crippen LogP contribution in [0.1, 0.15) is 12.8 Å². The number of carbonyl (C=O) groups is 2. The largest absolute Gasteiger partial charge is 0.357 e. The van der Waals surface area contributed by atoms with Gasteiger partial charge in [-0.25, -0.2) is 0 Å². The van der Waals surface area contributed by atoms with Gasteiger partial charge in [0.1, 0.15) is 6.04 Å². The van der Waals surface area contributed by atoms with E-state index in [0.29, 0.717) is 12.8 Å².